The van der Waals surface area contributed by atoms with Crippen LogP contribution in [0.5, 0.6) is 0 Å². The highest BCUT2D eigenvalue weighted by Gasteiger charge is 2.30. The minimum Gasteiger partial charge on any atom is -0.370 e. The Morgan fingerprint density at radius 3 is 2.52 bits per heavy atom. The number of carbonyl (C=O) groups is 1. The van der Waals surface area contributed by atoms with Gasteiger partial charge in [-0.15, -0.1) is 0 Å². The summed E-state index contributed by atoms with van der Waals surface area (Å²) in [6.45, 7) is 0.789. The highest BCUT2D eigenvalue weighted by molar-refractivity contribution is 6.35. The van der Waals surface area contributed by atoms with Gasteiger partial charge in [-0.05, 0) is 36.8 Å². The largest absolute Gasteiger partial charge is 0.417 e. The van der Waals surface area contributed by atoms with Crippen LogP contribution in [0.15, 0.2) is 36.5 Å². The Hall–Kier alpha value is -1.99. The first-order valence-electron chi connectivity index (χ1n) is 7.28. The van der Waals surface area contributed by atoms with Crippen molar-refractivity contribution in [3.8, 4) is 0 Å². The fourth-order valence-corrected chi connectivity index (χ4v) is 2.32. The average molecular weight is 392 g/mol. The number of rotatable bonds is 6. The second-order valence-electron chi connectivity index (χ2n) is 5.09. The minimum atomic E-state index is -4.41. The topological polar surface area (TPSA) is 54.0 Å². The van der Waals surface area contributed by atoms with Gasteiger partial charge in [-0.25, -0.2) is 4.98 Å². The first-order valence-corrected chi connectivity index (χ1v) is 8.03. The van der Waals surface area contributed by atoms with Gasteiger partial charge < -0.3 is 10.6 Å². The van der Waals surface area contributed by atoms with E-state index >= 15 is 0 Å². The molecule has 1 heterocycles. The number of carbonyl (C=O) groups excluding carboxylic acids is 1. The van der Waals surface area contributed by atoms with Gasteiger partial charge in [0.2, 0.25) is 0 Å². The molecule has 0 unspecified atom stereocenters. The molecule has 0 saturated carbocycles. The van der Waals surface area contributed by atoms with Crippen molar-refractivity contribution in [3.05, 3.63) is 57.7 Å². The molecule has 0 aliphatic heterocycles. The number of benzene rings is 1. The number of alkyl halides is 3. The summed E-state index contributed by atoms with van der Waals surface area (Å²) < 4.78 is 37.3. The summed E-state index contributed by atoms with van der Waals surface area (Å²) in [5.74, 6) is -0.0163. The Balaban J connectivity index is 1.74. The number of hydrogen-bond acceptors (Lipinski definition) is 3. The molecule has 1 amide bonds. The van der Waals surface area contributed by atoms with Crippen molar-refractivity contribution in [3.63, 3.8) is 0 Å². The van der Waals surface area contributed by atoms with Crippen LogP contribution in [-0.4, -0.2) is 24.0 Å². The Morgan fingerprint density at radius 2 is 1.88 bits per heavy atom. The maximum Gasteiger partial charge on any atom is 0.417 e. The number of hydrogen-bond donors (Lipinski definition) is 2. The highest BCUT2D eigenvalue weighted by Crippen LogP contribution is 2.28. The summed E-state index contributed by atoms with van der Waals surface area (Å²) in [6, 6.07) is 6.81. The zero-order valence-corrected chi connectivity index (χ0v) is 14.3. The van der Waals surface area contributed by atoms with Crippen LogP contribution in [0.1, 0.15) is 22.3 Å². The Labute approximate surface area is 152 Å². The third-order valence-corrected chi connectivity index (χ3v) is 3.77. The van der Waals surface area contributed by atoms with E-state index in [0.717, 1.165) is 12.3 Å². The van der Waals surface area contributed by atoms with Crippen molar-refractivity contribution in [1.29, 1.82) is 0 Å². The fourth-order valence-electron chi connectivity index (χ4n) is 1.94. The van der Waals surface area contributed by atoms with Crippen LogP contribution in [0.4, 0.5) is 19.0 Å². The monoisotopic (exact) mass is 391 g/mol. The van der Waals surface area contributed by atoms with Crippen molar-refractivity contribution < 1.29 is 18.0 Å². The zero-order chi connectivity index (χ0) is 18.4. The number of nitrogens with one attached hydrogen (secondary N) is 2. The fraction of sp³-hybridized carbons (Fsp3) is 0.250. The van der Waals surface area contributed by atoms with E-state index in [1.165, 1.54) is 18.2 Å². The molecule has 0 saturated heterocycles. The van der Waals surface area contributed by atoms with E-state index in [1.807, 2.05) is 0 Å². The van der Waals surface area contributed by atoms with Crippen molar-refractivity contribution in [1.82, 2.24) is 10.3 Å². The Kier molecular flexibility index (Phi) is 6.50. The number of amides is 1. The van der Waals surface area contributed by atoms with Gasteiger partial charge in [-0.1, -0.05) is 23.2 Å². The van der Waals surface area contributed by atoms with Crippen molar-refractivity contribution in [2.24, 2.45) is 0 Å². The summed E-state index contributed by atoms with van der Waals surface area (Å²) in [4.78, 5) is 15.7. The van der Waals surface area contributed by atoms with Gasteiger partial charge >= 0.3 is 6.18 Å². The molecule has 2 N–H and O–H groups in total. The molecule has 0 aliphatic rings. The van der Waals surface area contributed by atoms with Crippen LogP contribution in [0, 0.1) is 0 Å². The molecular weight excluding hydrogens is 378 g/mol. The third-order valence-electron chi connectivity index (χ3n) is 3.21. The number of aromatic nitrogens is 1. The lowest BCUT2D eigenvalue weighted by Gasteiger charge is -2.09. The first kappa shape index (κ1) is 19.3. The molecule has 2 aromatic rings. The number of anilines is 1. The molecule has 1 aromatic heterocycles. The summed E-state index contributed by atoms with van der Waals surface area (Å²) in [5.41, 5.74) is -0.518. The van der Waals surface area contributed by atoms with E-state index in [0.29, 0.717) is 35.4 Å². The van der Waals surface area contributed by atoms with E-state index in [-0.39, 0.29) is 11.5 Å². The molecule has 0 atom stereocenters. The zero-order valence-electron chi connectivity index (χ0n) is 12.8. The predicted molar refractivity (Wildman–Crippen MR) is 91.1 cm³/mol. The summed E-state index contributed by atoms with van der Waals surface area (Å²) in [7, 11) is 0. The van der Waals surface area contributed by atoms with Crippen LogP contribution in [-0.2, 0) is 6.18 Å². The highest BCUT2D eigenvalue weighted by atomic mass is 35.5. The summed E-state index contributed by atoms with van der Waals surface area (Å²) in [6.07, 6.45) is -3.09. The van der Waals surface area contributed by atoms with Gasteiger partial charge in [0.15, 0.2) is 0 Å². The van der Waals surface area contributed by atoms with E-state index < -0.39 is 11.7 Å². The maximum atomic E-state index is 12.4. The molecule has 2 rings (SSSR count). The van der Waals surface area contributed by atoms with Crippen LogP contribution >= 0.6 is 23.2 Å². The second-order valence-corrected chi connectivity index (χ2v) is 5.93. The number of nitrogens with zero attached hydrogens (tertiary/aromatic N) is 1. The minimum absolute atomic E-state index is 0.284. The van der Waals surface area contributed by atoms with Crippen molar-refractivity contribution in [2.45, 2.75) is 12.6 Å². The molecule has 0 radical (unpaired) electrons. The van der Waals surface area contributed by atoms with E-state index in [4.69, 9.17) is 23.2 Å². The molecule has 4 nitrogen and oxygen atoms in total. The van der Waals surface area contributed by atoms with Gasteiger partial charge in [0.25, 0.3) is 5.91 Å². The van der Waals surface area contributed by atoms with Crippen LogP contribution < -0.4 is 10.6 Å². The van der Waals surface area contributed by atoms with Crippen molar-refractivity contribution >= 4 is 34.9 Å². The van der Waals surface area contributed by atoms with Gasteiger partial charge in [-0.3, -0.25) is 4.79 Å². The van der Waals surface area contributed by atoms with Crippen molar-refractivity contribution in [2.75, 3.05) is 18.4 Å². The van der Waals surface area contributed by atoms with Gasteiger partial charge in [-0.2, -0.15) is 13.2 Å². The lowest BCUT2D eigenvalue weighted by atomic mass is 10.2. The van der Waals surface area contributed by atoms with Crippen LogP contribution in [0.2, 0.25) is 10.0 Å². The first-order chi connectivity index (χ1) is 11.8. The molecule has 25 heavy (non-hydrogen) atoms. The molecule has 9 heteroatoms. The van der Waals surface area contributed by atoms with Gasteiger partial charge in [0.1, 0.15) is 5.82 Å². The van der Waals surface area contributed by atoms with E-state index in [9.17, 15) is 18.0 Å². The molecule has 0 bridgehead atoms. The lowest BCUT2D eigenvalue weighted by molar-refractivity contribution is -0.137. The lowest BCUT2D eigenvalue weighted by Crippen LogP contribution is -2.26. The number of halogens is 5. The maximum absolute atomic E-state index is 12.4. The van der Waals surface area contributed by atoms with E-state index in [2.05, 4.69) is 15.6 Å². The molecule has 134 valence electrons. The standard InChI is InChI=1S/C16H14Cl2F3N3O/c17-11-3-4-13(18)12(8-11)15(25)23-7-1-6-22-14-5-2-10(9-24-14)16(19,20)21/h2-5,8-9H,1,6-7H2,(H,22,24)(H,23,25). The molecule has 1 aromatic carbocycles. The molecule has 0 fully saturated rings. The Morgan fingerprint density at radius 1 is 1.12 bits per heavy atom. The normalized spacial score (nSPS) is 11.2. The van der Waals surface area contributed by atoms with Gasteiger partial charge in [0, 0.05) is 24.3 Å². The van der Waals surface area contributed by atoms with Crippen LogP contribution in [0.25, 0.3) is 0 Å². The number of pyridine rings is 1. The van der Waals surface area contributed by atoms with Crippen LogP contribution in [0.3, 0.4) is 0 Å². The van der Waals surface area contributed by atoms with Gasteiger partial charge in [0.05, 0.1) is 16.1 Å². The third kappa shape index (κ3) is 5.79. The molecule has 0 spiro atoms. The second kappa shape index (κ2) is 8.40. The molecule has 0 aliphatic carbocycles. The average Bonchev–Trinajstić information content (AvgIpc) is 2.56. The SMILES string of the molecule is O=C(NCCCNc1ccc(C(F)(F)F)cn1)c1cc(Cl)ccc1Cl. The summed E-state index contributed by atoms with van der Waals surface area (Å²) >= 11 is 11.8. The predicted octanol–water partition coefficient (Wildman–Crippen LogP) is 4.64. The molecular formula is C16H14Cl2F3N3O. The smallest absolute Gasteiger partial charge is 0.370 e. The summed E-state index contributed by atoms with van der Waals surface area (Å²) in [5, 5.41) is 6.28. The quantitative estimate of drug-likeness (QED) is 0.705. The van der Waals surface area contributed by atoms with E-state index in [1.54, 1.807) is 6.07 Å². The Bertz CT molecular complexity index is 736.